The van der Waals surface area contributed by atoms with E-state index in [1.165, 1.54) is 0 Å². The number of aromatic nitrogens is 2. The molecule has 9 nitrogen and oxygen atoms in total. The number of rotatable bonds is 5. The van der Waals surface area contributed by atoms with E-state index in [-0.39, 0.29) is 23.9 Å². The molecule has 0 aliphatic carbocycles. The topological polar surface area (TPSA) is 85.3 Å². The highest BCUT2D eigenvalue weighted by molar-refractivity contribution is 6.35. The second-order valence-corrected chi connectivity index (χ2v) is 15.1. The number of ether oxygens (including phenoxy) is 1. The molecule has 1 aromatic heterocycles. The number of aryl methyl sites for hydroxylation is 2. The first-order chi connectivity index (χ1) is 22.3. The Balaban J connectivity index is 1.38. The van der Waals surface area contributed by atoms with Crippen LogP contribution < -0.4 is 9.80 Å². The smallest absolute Gasteiger partial charge is 0.410 e. The van der Waals surface area contributed by atoms with Crippen molar-refractivity contribution in [2.45, 2.75) is 77.6 Å². The van der Waals surface area contributed by atoms with Gasteiger partial charge in [0, 0.05) is 48.2 Å². The van der Waals surface area contributed by atoms with Gasteiger partial charge in [0.2, 0.25) is 5.95 Å². The van der Waals surface area contributed by atoms with Crippen molar-refractivity contribution in [2.75, 3.05) is 50.1 Å². The Kier molecular flexibility index (Phi) is 7.91. The summed E-state index contributed by atoms with van der Waals surface area (Å²) in [6.07, 6.45) is 2.33. The number of phenolic OH excluding ortho intramolecular Hbond substituents is 1. The molecule has 0 saturated carbocycles. The molecule has 4 aromatic rings. The van der Waals surface area contributed by atoms with Gasteiger partial charge in [-0.25, -0.2) is 9.78 Å². The van der Waals surface area contributed by atoms with Crippen LogP contribution in [0.1, 0.15) is 51.7 Å². The van der Waals surface area contributed by atoms with Crippen molar-refractivity contribution in [1.29, 1.82) is 0 Å². The lowest BCUT2D eigenvalue weighted by molar-refractivity contribution is 0.0123. The molecule has 3 aliphatic rings. The molecule has 3 saturated heterocycles. The molecule has 10 heteroatoms. The number of fused-ring (bicyclic) bond motifs is 4. The van der Waals surface area contributed by atoms with E-state index in [9.17, 15) is 9.90 Å². The molecular weight excluding hydrogens is 612 g/mol. The zero-order chi connectivity index (χ0) is 33.4. The number of benzene rings is 3. The Morgan fingerprint density at radius 1 is 1.04 bits per heavy atom. The van der Waals surface area contributed by atoms with Gasteiger partial charge in [0.05, 0.1) is 17.6 Å². The third kappa shape index (κ3) is 5.61. The summed E-state index contributed by atoms with van der Waals surface area (Å²) in [5.74, 6) is 1.78. The Labute approximate surface area is 282 Å². The largest absolute Gasteiger partial charge is 0.508 e. The van der Waals surface area contributed by atoms with Crippen molar-refractivity contribution in [1.82, 2.24) is 19.8 Å². The number of amides is 1. The first-order valence-corrected chi connectivity index (χ1v) is 17.1. The zero-order valence-corrected chi connectivity index (χ0v) is 29.2. The van der Waals surface area contributed by atoms with Crippen molar-refractivity contribution in [3.8, 4) is 16.9 Å². The van der Waals surface area contributed by atoms with Crippen LogP contribution in [0, 0.1) is 6.92 Å². The average Bonchev–Trinajstić information content (AvgIpc) is 3.23. The maximum Gasteiger partial charge on any atom is 0.410 e. The number of hydrogen-bond acceptors (Lipinski definition) is 8. The van der Waals surface area contributed by atoms with Crippen molar-refractivity contribution >= 4 is 51.1 Å². The quantitative estimate of drug-likeness (QED) is 0.245. The summed E-state index contributed by atoms with van der Waals surface area (Å²) in [7, 11) is 4.22. The molecule has 2 atom stereocenters. The third-order valence-corrected chi connectivity index (χ3v) is 10.4. The molecule has 0 spiro atoms. The molecule has 2 bridgehead atoms. The van der Waals surface area contributed by atoms with Crippen LogP contribution in [0.3, 0.4) is 0 Å². The molecule has 1 N–H and O–H groups in total. The number of piperazine rings is 1. The van der Waals surface area contributed by atoms with Crippen LogP contribution in [0.15, 0.2) is 36.4 Å². The summed E-state index contributed by atoms with van der Waals surface area (Å²) in [6.45, 7) is 13.0. The number of anilines is 2. The van der Waals surface area contributed by atoms with Gasteiger partial charge < -0.3 is 24.5 Å². The Hall–Kier alpha value is -3.82. The number of carbonyl (C=O) groups excluding carboxylic acids is 1. The fraction of sp³-hybridized carbons (Fsp3) is 0.486. The lowest BCUT2D eigenvalue weighted by Crippen LogP contribution is -2.58. The maximum atomic E-state index is 13.3. The van der Waals surface area contributed by atoms with Gasteiger partial charge >= 0.3 is 6.09 Å². The monoisotopic (exact) mass is 656 g/mol. The number of aromatic hydroxyl groups is 1. The van der Waals surface area contributed by atoms with E-state index >= 15 is 0 Å². The van der Waals surface area contributed by atoms with Crippen LogP contribution >= 0.6 is 11.6 Å². The van der Waals surface area contributed by atoms with Crippen molar-refractivity contribution in [3.05, 3.63) is 52.5 Å². The predicted octanol–water partition coefficient (Wildman–Crippen LogP) is 7.02. The lowest BCUT2D eigenvalue weighted by Gasteiger charge is -2.44. The molecule has 7 rings (SSSR count). The second kappa shape index (κ2) is 11.7. The van der Waals surface area contributed by atoms with Gasteiger partial charge in [-0.05, 0) is 107 Å². The van der Waals surface area contributed by atoms with Crippen molar-refractivity contribution < 1.29 is 14.6 Å². The van der Waals surface area contributed by atoms with Crippen LogP contribution in [-0.4, -0.2) is 95.0 Å². The normalized spacial score (nSPS) is 20.1. The molecule has 3 aromatic carbocycles. The molecule has 2 unspecified atom stereocenters. The third-order valence-electron chi connectivity index (χ3n) is 10.1. The fourth-order valence-corrected chi connectivity index (χ4v) is 8.04. The van der Waals surface area contributed by atoms with Gasteiger partial charge in [0.1, 0.15) is 17.2 Å². The van der Waals surface area contributed by atoms with Crippen LogP contribution in [0.5, 0.6) is 5.75 Å². The summed E-state index contributed by atoms with van der Waals surface area (Å²) < 4.78 is 5.82. The van der Waals surface area contributed by atoms with E-state index in [0.717, 1.165) is 75.7 Å². The van der Waals surface area contributed by atoms with Crippen LogP contribution in [-0.2, 0) is 11.2 Å². The first-order valence-electron chi connectivity index (χ1n) is 16.8. The number of likely N-dealkylation sites (N-methyl/N-ethyl adjacent to an activating group) is 1. The van der Waals surface area contributed by atoms with E-state index in [1.54, 1.807) is 6.07 Å². The number of phenols is 1. The van der Waals surface area contributed by atoms with Gasteiger partial charge in [-0.1, -0.05) is 36.7 Å². The van der Waals surface area contributed by atoms with E-state index in [4.69, 9.17) is 26.3 Å². The zero-order valence-electron chi connectivity index (χ0n) is 28.5. The van der Waals surface area contributed by atoms with Crippen molar-refractivity contribution in [2.24, 2.45) is 0 Å². The Morgan fingerprint density at radius 2 is 1.74 bits per heavy atom. The second-order valence-electron chi connectivity index (χ2n) is 14.7. The minimum atomic E-state index is -0.544. The summed E-state index contributed by atoms with van der Waals surface area (Å²) in [4.78, 5) is 32.6. The van der Waals surface area contributed by atoms with Crippen LogP contribution in [0.25, 0.3) is 32.8 Å². The number of nitrogens with zero attached hydrogens (tertiary/aromatic N) is 6. The highest BCUT2D eigenvalue weighted by Crippen LogP contribution is 2.45. The van der Waals surface area contributed by atoms with Gasteiger partial charge in [0.15, 0.2) is 0 Å². The van der Waals surface area contributed by atoms with Crippen LogP contribution in [0.4, 0.5) is 16.6 Å². The lowest BCUT2D eigenvalue weighted by atomic mass is 9.89. The molecule has 0 radical (unpaired) electrons. The van der Waals surface area contributed by atoms with E-state index < -0.39 is 5.60 Å². The molecule has 47 heavy (non-hydrogen) atoms. The van der Waals surface area contributed by atoms with Crippen LogP contribution in [0.2, 0.25) is 5.02 Å². The Bertz CT molecular complexity index is 1870. The van der Waals surface area contributed by atoms with Gasteiger partial charge in [0.25, 0.3) is 0 Å². The summed E-state index contributed by atoms with van der Waals surface area (Å²) >= 11 is 7.29. The first kappa shape index (κ1) is 31.8. The van der Waals surface area contributed by atoms with Gasteiger partial charge in [-0.15, -0.1) is 0 Å². The van der Waals surface area contributed by atoms with Gasteiger partial charge in [-0.3, -0.25) is 4.90 Å². The predicted molar refractivity (Wildman–Crippen MR) is 190 cm³/mol. The van der Waals surface area contributed by atoms with Crippen molar-refractivity contribution in [3.63, 3.8) is 0 Å². The van der Waals surface area contributed by atoms with E-state index in [1.807, 2.05) is 49.9 Å². The summed E-state index contributed by atoms with van der Waals surface area (Å²) in [5, 5.41) is 14.4. The molecule has 4 heterocycles. The van der Waals surface area contributed by atoms with Gasteiger partial charge in [-0.2, -0.15) is 4.98 Å². The molecule has 3 fully saturated rings. The maximum absolute atomic E-state index is 13.3. The number of carbonyl (C=O) groups is 1. The molecular formula is C37H45ClN6O3. The minimum Gasteiger partial charge on any atom is -0.508 e. The summed E-state index contributed by atoms with van der Waals surface area (Å²) in [5.41, 5.74) is 4.30. The average molecular weight is 657 g/mol. The highest BCUT2D eigenvalue weighted by atomic mass is 35.5. The Morgan fingerprint density at radius 3 is 2.38 bits per heavy atom. The number of halogens is 1. The van der Waals surface area contributed by atoms with E-state index in [2.05, 4.69) is 48.7 Å². The summed E-state index contributed by atoms with van der Waals surface area (Å²) in [6, 6.07) is 12.3. The molecule has 1 amide bonds. The fourth-order valence-electron chi connectivity index (χ4n) is 7.72. The number of hydrogen-bond donors (Lipinski definition) is 1. The SMILES string of the molecule is CCc1c(-c2cc(O)cc3cccc(C)c23)c(Cl)cc2c(N3CC4CCC(C3)N4C(=O)OC(C)(C)C)nc(N3CC(N(C)C)C3)nc12. The minimum absolute atomic E-state index is 0.0428. The standard InChI is InChI=1S/C37H45ClN6O3/c1-8-27-32(28-15-26(45)14-22-11-9-10-21(2)31(22)28)30(38)16-29-33(27)39-35(43-19-25(20-43)41(6)7)40-34(29)42-17-23-12-13-24(18-42)44(23)36(46)47-37(3,4)5/h9-11,14-16,23-25,45H,8,12-13,17-20H2,1-7H3. The highest BCUT2D eigenvalue weighted by Gasteiger charge is 2.45. The molecule has 3 aliphatic heterocycles. The molecule has 248 valence electrons. The van der Waals surface area contributed by atoms with E-state index in [0.29, 0.717) is 36.5 Å².